The van der Waals surface area contributed by atoms with Gasteiger partial charge in [0.25, 0.3) is 0 Å². The highest BCUT2D eigenvalue weighted by atomic mass is 32.3. The van der Waals surface area contributed by atoms with Gasteiger partial charge in [0.05, 0.1) is 25.0 Å². The lowest BCUT2D eigenvalue weighted by Gasteiger charge is -2.60. The maximum Gasteiger partial charge on any atom is 0.394 e. The number of hydrogen-bond acceptors (Lipinski definition) is 12. The normalized spacial score (nSPS) is 37.1. The number of carbonyl (C=O) groups is 2. The van der Waals surface area contributed by atoms with Crippen LogP contribution in [0.15, 0.2) is 48.6 Å². The second kappa shape index (κ2) is 11.1. The van der Waals surface area contributed by atoms with Crippen LogP contribution in [0.2, 0.25) is 0 Å². The quantitative estimate of drug-likeness (QED) is 0.321. The summed E-state index contributed by atoms with van der Waals surface area (Å²) in [5.74, 6) is 2.44. The first kappa shape index (κ1) is 34.3. The fourth-order valence-corrected chi connectivity index (χ4v) is 10.6. The maximum atomic E-state index is 12.6. The molecule has 15 heteroatoms. The Morgan fingerprint density at radius 3 is 1.45 bits per heavy atom. The van der Waals surface area contributed by atoms with E-state index in [-0.39, 0.29) is 23.7 Å². The van der Waals surface area contributed by atoms with Gasteiger partial charge in [0.15, 0.2) is 46.8 Å². The van der Waals surface area contributed by atoms with E-state index in [2.05, 4.69) is 21.9 Å². The van der Waals surface area contributed by atoms with Crippen molar-refractivity contribution in [1.82, 2.24) is 9.80 Å². The lowest BCUT2D eigenvalue weighted by molar-refractivity contribution is -0.151. The highest BCUT2D eigenvalue weighted by molar-refractivity contribution is 7.79. The summed E-state index contributed by atoms with van der Waals surface area (Å²) in [4.78, 5) is 29.5. The molecule has 14 nitrogen and oxygen atoms in total. The summed E-state index contributed by atoms with van der Waals surface area (Å²) in [6.07, 6.45) is 8.01. The summed E-state index contributed by atoms with van der Waals surface area (Å²) >= 11 is 0. The Balaban J connectivity index is 0.000000130. The molecule has 0 radical (unpaired) electrons. The van der Waals surface area contributed by atoms with Gasteiger partial charge in [-0.3, -0.25) is 28.5 Å². The Morgan fingerprint density at radius 1 is 0.725 bits per heavy atom. The molecule has 2 aromatic carbocycles. The van der Waals surface area contributed by atoms with Crippen molar-refractivity contribution in [2.45, 2.75) is 72.0 Å². The molecule has 51 heavy (non-hydrogen) atoms. The van der Waals surface area contributed by atoms with Crippen LogP contribution in [0.1, 0.15) is 35.1 Å². The molecule has 8 atom stereocenters. The second-order valence-corrected chi connectivity index (χ2v) is 15.6. The number of ether oxygens (including phenoxy) is 4. The zero-order valence-electron chi connectivity index (χ0n) is 28.5. The summed E-state index contributed by atoms with van der Waals surface area (Å²) in [7, 11) is 2.63. The van der Waals surface area contributed by atoms with Crippen molar-refractivity contribution in [2.24, 2.45) is 0 Å². The van der Waals surface area contributed by atoms with E-state index in [1.54, 1.807) is 26.4 Å². The summed E-state index contributed by atoms with van der Waals surface area (Å²) in [6, 6.07) is 7.83. The first-order valence-corrected chi connectivity index (χ1v) is 18.2. The molecule has 0 saturated carbocycles. The monoisotopic (exact) mass is 724 g/mol. The molecule has 4 aliphatic heterocycles. The molecule has 2 aromatic rings. The van der Waals surface area contributed by atoms with Gasteiger partial charge in [0.1, 0.15) is 11.2 Å². The largest absolute Gasteiger partial charge is 0.493 e. The predicted octanol–water partition coefficient (Wildman–Crippen LogP) is 0.996. The van der Waals surface area contributed by atoms with Crippen molar-refractivity contribution in [1.29, 1.82) is 0 Å². The van der Waals surface area contributed by atoms with Gasteiger partial charge in [-0.2, -0.15) is 8.42 Å². The third kappa shape index (κ3) is 4.33. The Kier molecular flexibility index (Phi) is 7.45. The van der Waals surface area contributed by atoms with E-state index >= 15 is 0 Å². The molecule has 4 aliphatic carbocycles. The number of rotatable bonds is 2. The van der Waals surface area contributed by atoms with Crippen LogP contribution >= 0.6 is 0 Å². The number of likely N-dealkylation sites (tertiary alicyclic amines) is 2. The van der Waals surface area contributed by atoms with E-state index in [0.29, 0.717) is 35.8 Å². The van der Waals surface area contributed by atoms with Crippen LogP contribution in [0.5, 0.6) is 23.0 Å². The van der Waals surface area contributed by atoms with Crippen LogP contribution < -0.4 is 18.9 Å². The summed E-state index contributed by atoms with van der Waals surface area (Å²) in [6.45, 7) is 1.67. The zero-order chi connectivity index (χ0) is 36.5. The predicted molar refractivity (Wildman–Crippen MR) is 180 cm³/mol. The van der Waals surface area contributed by atoms with Crippen molar-refractivity contribution >= 4 is 22.0 Å². The topological polar surface area (TPSA) is 193 Å². The number of nitrogens with zero attached hydrogens (tertiary/aromatic N) is 2. The Bertz CT molecular complexity index is 1910. The summed E-state index contributed by atoms with van der Waals surface area (Å²) in [5.41, 5.74) is 0.769. The van der Waals surface area contributed by atoms with Crippen LogP contribution in [0.3, 0.4) is 0 Å². The number of methoxy groups -OCH3 is 2. The fourth-order valence-electron chi connectivity index (χ4n) is 10.6. The van der Waals surface area contributed by atoms with E-state index < -0.39 is 44.6 Å². The third-order valence-corrected chi connectivity index (χ3v) is 12.7. The smallest absolute Gasteiger partial charge is 0.394 e. The van der Waals surface area contributed by atoms with Crippen LogP contribution in [-0.2, 0) is 43.7 Å². The number of ketones is 2. The molecule has 4 unspecified atom stereocenters. The van der Waals surface area contributed by atoms with E-state index in [1.807, 2.05) is 26.2 Å². The van der Waals surface area contributed by atoms with E-state index in [0.717, 1.165) is 48.2 Å². The standard InChI is InChI=1S/2C18H19NO4.H2O4S/c2*1-19-8-7-17-14-10-3-4-12(22-2)15(14)23-16(17)11(20)5-6-18(17,21)13(19)9-10;1-5(2,3)4/h2*3-6,13,16,21H,7-9H2,1-2H3;(H2,1,2,3,4)/t2*13-,16?,17+,18?;/m11./s1. The minimum Gasteiger partial charge on any atom is -0.493 e. The van der Waals surface area contributed by atoms with Crippen LogP contribution in [-0.4, -0.2) is 126 Å². The van der Waals surface area contributed by atoms with Gasteiger partial charge in [0.2, 0.25) is 0 Å². The highest BCUT2D eigenvalue weighted by Gasteiger charge is 2.73. The lowest BCUT2D eigenvalue weighted by atomic mass is 9.51. The fraction of sp³-hybridized carbons (Fsp3) is 0.500. The Labute approximate surface area is 294 Å². The molecule has 272 valence electrons. The van der Waals surface area contributed by atoms with Gasteiger partial charge in [-0.1, -0.05) is 12.1 Å². The number of likely N-dealkylation sites (N-methyl/N-ethyl adjacent to an activating group) is 2. The zero-order valence-corrected chi connectivity index (χ0v) is 29.3. The molecule has 10 rings (SSSR count). The molecule has 2 saturated heterocycles. The van der Waals surface area contributed by atoms with Gasteiger partial charge >= 0.3 is 10.4 Å². The van der Waals surface area contributed by atoms with Crippen molar-refractivity contribution in [2.75, 3.05) is 41.4 Å². The summed E-state index contributed by atoms with van der Waals surface area (Å²) in [5, 5.41) is 23.3. The number of hydrogen-bond donors (Lipinski definition) is 4. The number of aliphatic hydroxyl groups is 2. The number of benzene rings is 2. The minimum atomic E-state index is -4.67. The average Bonchev–Trinajstić information content (AvgIpc) is 3.62. The van der Waals surface area contributed by atoms with Crippen LogP contribution in [0.4, 0.5) is 0 Å². The van der Waals surface area contributed by atoms with E-state index in [4.69, 9.17) is 36.5 Å². The second-order valence-electron chi connectivity index (χ2n) is 14.7. The molecular formula is C36H40N2O12S. The molecule has 2 fully saturated rings. The summed E-state index contributed by atoms with van der Waals surface area (Å²) < 4.78 is 54.7. The van der Waals surface area contributed by atoms with Gasteiger partial charge in [-0.05, 0) is 100 Å². The first-order valence-electron chi connectivity index (χ1n) is 16.8. The first-order chi connectivity index (χ1) is 24.1. The van der Waals surface area contributed by atoms with Crippen molar-refractivity contribution in [3.63, 3.8) is 0 Å². The molecule has 0 amide bonds. The molecule has 4 N–H and O–H groups in total. The highest BCUT2D eigenvalue weighted by Crippen LogP contribution is 2.65. The maximum absolute atomic E-state index is 12.6. The average molecular weight is 725 g/mol. The van der Waals surface area contributed by atoms with Crippen molar-refractivity contribution < 1.29 is 56.3 Å². The van der Waals surface area contributed by atoms with E-state index in [1.165, 1.54) is 12.2 Å². The van der Waals surface area contributed by atoms with Gasteiger partial charge in [-0.25, -0.2) is 0 Å². The van der Waals surface area contributed by atoms with Crippen LogP contribution in [0, 0.1) is 0 Å². The molecule has 0 aromatic heterocycles. The van der Waals surface area contributed by atoms with Gasteiger partial charge < -0.3 is 29.2 Å². The number of carbonyl (C=O) groups excluding carboxylic acids is 2. The molecule has 4 bridgehead atoms. The SMILES string of the molecule is COc1ccc2c3c1OC1C(=O)C=CC4(O)[C@@H](C2)N(C)CC[C@]314.COc1ccc2c3c1OC1C(=O)C=CC4(O)[C@@H](C2)N(C)CC[C@]314.O=S(=O)(O)O. The minimum absolute atomic E-state index is 0.0430. The van der Waals surface area contributed by atoms with Crippen LogP contribution in [0.25, 0.3) is 0 Å². The molecule has 2 spiro atoms. The van der Waals surface area contributed by atoms with Gasteiger partial charge in [-0.15, -0.1) is 0 Å². The van der Waals surface area contributed by atoms with Crippen molar-refractivity contribution in [3.05, 3.63) is 70.8 Å². The Morgan fingerprint density at radius 2 is 1.10 bits per heavy atom. The number of piperidine rings is 2. The molecule has 4 heterocycles. The Hall–Kier alpha value is -3.83. The van der Waals surface area contributed by atoms with E-state index in [9.17, 15) is 19.8 Å². The third-order valence-electron chi connectivity index (χ3n) is 12.7. The lowest BCUT2D eigenvalue weighted by Crippen LogP contribution is -2.74. The molecular weight excluding hydrogens is 684 g/mol. The van der Waals surface area contributed by atoms with Gasteiger partial charge in [0, 0.05) is 23.2 Å². The molecule has 8 aliphatic rings. The van der Waals surface area contributed by atoms with Crippen molar-refractivity contribution in [3.8, 4) is 23.0 Å².